The lowest BCUT2D eigenvalue weighted by Gasteiger charge is -1.91. The second-order valence-corrected chi connectivity index (χ2v) is 3.53. The molecule has 0 bridgehead atoms. The van der Waals surface area contributed by atoms with Crippen LogP contribution in [0.15, 0.2) is 35.8 Å². The van der Waals surface area contributed by atoms with Gasteiger partial charge in [-0.25, -0.2) is 4.39 Å². The maximum absolute atomic E-state index is 13.1. The van der Waals surface area contributed by atoms with Gasteiger partial charge in [0.15, 0.2) is 11.6 Å². The van der Waals surface area contributed by atoms with E-state index in [4.69, 9.17) is 16.0 Å². The molecule has 0 atom stereocenters. The first kappa shape index (κ1) is 9.99. The summed E-state index contributed by atoms with van der Waals surface area (Å²) in [7, 11) is 0. The van der Waals surface area contributed by atoms with Gasteiger partial charge in [0.1, 0.15) is 5.58 Å². The molecule has 3 heteroatoms. The van der Waals surface area contributed by atoms with Crippen LogP contribution in [0.25, 0.3) is 22.9 Å². The second-order valence-electron chi connectivity index (χ2n) is 3.09. The first-order valence-corrected chi connectivity index (χ1v) is 4.70. The van der Waals surface area contributed by atoms with E-state index in [0.717, 1.165) is 5.39 Å². The molecule has 2 aromatic rings. The van der Waals surface area contributed by atoms with Crippen molar-refractivity contribution in [2.45, 2.75) is 0 Å². The van der Waals surface area contributed by atoms with Gasteiger partial charge in [0.2, 0.25) is 0 Å². The molecule has 0 unspecified atom stereocenters. The molecular formula is C12H8ClFO. The summed E-state index contributed by atoms with van der Waals surface area (Å²) in [6, 6.07) is 5.12. The number of hydrogen-bond donors (Lipinski definition) is 0. The summed E-state index contributed by atoms with van der Waals surface area (Å²) in [4.78, 5) is 0. The molecule has 0 radical (unpaired) electrons. The second kappa shape index (κ2) is 3.55. The lowest BCUT2D eigenvalue weighted by Crippen LogP contribution is -1.75. The first-order chi connectivity index (χ1) is 7.13. The zero-order valence-electron chi connectivity index (χ0n) is 7.89. The van der Waals surface area contributed by atoms with Gasteiger partial charge in [-0.15, -0.1) is 0 Å². The van der Waals surface area contributed by atoms with Crippen molar-refractivity contribution >= 4 is 34.5 Å². The van der Waals surface area contributed by atoms with Gasteiger partial charge >= 0.3 is 0 Å². The van der Waals surface area contributed by atoms with Gasteiger partial charge in [0, 0.05) is 22.0 Å². The molecule has 1 aromatic carbocycles. The van der Waals surface area contributed by atoms with Crippen LogP contribution in [0, 0.1) is 0 Å². The Balaban J connectivity index is 2.84. The molecule has 0 fully saturated rings. The standard InChI is InChI=1S/C12H8ClFO/c1-3-9-10-5-4-8(13)6-11(10)15-12(9)7(2)14/h3-6H,1-2H2. The summed E-state index contributed by atoms with van der Waals surface area (Å²) < 4.78 is 18.4. The summed E-state index contributed by atoms with van der Waals surface area (Å²) in [5, 5.41) is 1.33. The van der Waals surface area contributed by atoms with Gasteiger partial charge in [-0.05, 0) is 12.1 Å². The smallest absolute Gasteiger partial charge is 0.170 e. The van der Waals surface area contributed by atoms with Gasteiger partial charge in [0.05, 0.1) is 0 Å². The summed E-state index contributed by atoms with van der Waals surface area (Å²) in [6.45, 7) is 6.83. The van der Waals surface area contributed by atoms with Crippen LogP contribution in [-0.4, -0.2) is 0 Å². The zero-order chi connectivity index (χ0) is 11.0. The number of fused-ring (bicyclic) bond motifs is 1. The predicted molar refractivity (Wildman–Crippen MR) is 61.5 cm³/mol. The van der Waals surface area contributed by atoms with E-state index in [9.17, 15) is 4.39 Å². The maximum atomic E-state index is 13.1. The summed E-state index contributed by atoms with van der Waals surface area (Å²) in [5.74, 6) is -0.500. The molecule has 0 saturated heterocycles. The Labute approximate surface area is 91.5 Å². The molecule has 0 aliphatic rings. The lowest BCUT2D eigenvalue weighted by atomic mass is 10.1. The first-order valence-electron chi connectivity index (χ1n) is 4.32. The van der Waals surface area contributed by atoms with Crippen LogP contribution in [0.5, 0.6) is 0 Å². The Morgan fingerprint density at radius 3 is 2.80 bits per heavy atom. The number of benzene rings is 1. The highest BCUT2D eigenvalue weighted by atomic mass is 35.5. The fourth-order valence-electron chi connectivity index (χ4n) is 1.49. The van der Waals surface area contributed by atoms with Gasteiger partial charge < -0.3 is 4.42 Å². The van der Waals surface area contributed by atoms with Crippen LogP contribution >= 0.6 is 11.6 Å². The maximum Gasteiger partial charge on any atom is 0.170 e. The molecule has 1 nitrogen and oxygen atoms in total. The third-order valence-corrected chi connectivity index (χ3v) is 2.38. The zero-order valence-corrected chi connectivity index (χ0v) is 8.64. The van der Waals surface area contributed by atoms with E-state index in [2.05, 4.69) is 13.2 Å². The molecule has 1 aromatic heterocycles. The Kier molecular flexibility index (Phi) is 2.37. The van der Waals surface area contributed by atoms with Crippen molar-refractivity contribution in [2.75, 3.05) is 0 Å². The number of rotatable bonds is 2. The summed E-state index contributed by atoms with van der Waals surface area (Å²) in [6.07, 6.45) is 1.54. The molecule has 0 amide bonds. The minimum absolute atomic E-state index is 0.113. The Hall–Kier alpha value is -1.54. The van der Waals surface area contributed by atoms with E-state index in [-0.39, 0.29) is 5.76 Å². The van der Waals surface area contributed by atoms with E-state index in [1.807, 2.05) is 0 Å². The summed E-state index contributed by atoms with van der Waals surface area (Å²) >= 11 is 5.80. The molecule has 1 heterocycles. The predicted octanol–water partition coefficient (Wildman–Crippen LogP) is 4.67. The van der Waals surface area contributed by atoms with Crippen LogP contribution < -0.4 is 0 Å². The third kappa shape index (κ3) is 1.57. The molecule has 0 aliphatic carbocycles. The van der Waals surface area contributed by atoms with Gasteiger partial charge in [-0.3, -0.25) is 0 Å². The molecule has 15 heavy (non-hydrogen) atoms. The van der Waals surface area contributed by atoms with Crippen molar-refractivity contribution < 1.29 is 8.81 Å². The van der Waals surface area contributed by atoms with Gasteiger partial charge in [-0.2, -0.15) is 0 Å². The van der Waals surface area contributed by atoms with Crippen LogP contribution in [0.1, 0.15) is 11.3 Å². The highest BCUT2D eigenvalue weighted by molar-refractivity contribution is 6.31. The molecule has 0 spiro atoms. The van der Waals surface area contributed by atoms with E-state index in [0.29, 0.717) is 16.2 Å². The highest BCUT2D eigenvalue weighted by Gasteiger charge is 2.14. The quantitative estimate of drug-likeness (QED) is 0.720. The number of halogens is 2. The molecule has 76 valence electrons. The average Bonchev–Trinajstić information content (AvgIpc) is 2.55. The Bertz CT molecular complexity index is 554. The molecular weight excluding hydrogens is 215 g/mol. The molecule has 0 N–H and O–H groups in total. The fourth-order valence-corrected chi connectivity index (χ4v) is 1.66. The molecule has 0 aliphatic heterocycles. The normalized spacial score (nSPS) is 10.5. The van der Waals surface area contributed by atoms with Crippen LogP contribution in [0.4, 0.5) is 4.39 Å². The topological polar surface area (TPSA) is 13.1 Å². The van der Waals surface area contributed by atoms with Crippen molar-refractivity contribution in [3.05, 3.63) is 47.7 Å². The molecule has 0 saturated carbocycles. The van der Waals surface area contributed by atoms with Crippen LogP contribution in [0.2, 0.25) is 5.02 Å². The largest absolute Gasteiger partial charge is 0.453 e. The Morgan fingerprint density at radius 1 is 1.47 bits per heavy atom. The minimum atomic E-state index is -0.614. The minimum Gasteiger partial charge on any atom is -0.453 e. The van der Waals surface area contributed by atoms with Crippen molar-refractivity contribution in [1.82, 2.24) is 0 Å². The van der Waals surface area contributed by atoms with E-state index in [1.54, 1.807) is 24.3 Å². The van der Waals surface area contributed by atoms with E-state index >= 15 is 0 Å². The van der Waals surface area contributed by atoms with Gasteiger partial charge in [-0.1, -0.05) is 30.8 Å². The summed E-state index contributed by atoms with van der Waals surface area (Å²) in [5.41, 5.74) is 1.14. The lowest BCUT2D eigenvalue weighted by molar-refractivity contribution is 0.570. The van der Waals surface area contributed by atoms with Crippen LogP contribution in [-0.2, 0) is 0 Å². The van der Waals surface area contributed by atoms with Crippen molar-refractivity contribution in [3.8, 4) is 0 Å². The van der Waals surface area contributed by atoms with Crippen molar-refractivity contribution in [3.63, 3.8) is 0 Å². The average molecular weight is 223 g/mol. The van der Waals surface area contributed by atoms with Gasteiger partial charge in [0.25, 0.3) is 0 Å². The highest BCUT2D eigenvalue weighted by Crippen LogP contribution is 2.32. The van der Waals surface area contributed by atoms with E-state index in [1.165, 1.54) is 0 Å². The van der Waals surface area contributed by atoms with Crippen LogP contribution in [0.3, 0.4) is 0 Å². The fraction of sp³-hybridized carbons (Fsp3) is 0. The number of furan rings is 1. The SMILES string of the molecule is C=Cc1c(C(=C)F)oc2cc(Cl)ccc12. The van der Waals surface area contributed by atoms with E-state index < -0.39 is 5.83 Å². The molecule has 2 rings (SSSR count). The van der Waals surface area contributed by atoms with Crippen molar-refractivity contribution in [1.29, 1.82) is 0 Å². The monoisotopic (exact) mass is 222 g/mol. The Morgan fingerprint density at radius 2 is 2.20 bits per heavy atom. The third-order valence-electron chi connectivity index (χ3n) is 2.14. The van der Waals surface area contributed by atoms with Crippen molar-refractivity contribution in [2.24, 2.45) is 0 Å². The number of hydrogen-bond acceptors (Lipinski definition) is 1.